The first-order valence-electron chi connectivity index (χ1n) is 10.2. The lowest BCUT2D eigenvalue weighted by molar-refractivity contribution is -0.153. The zero-order valence-electron chi connectivity index (χ0n) is 17.6. The maximum Gasteiger partial charge on any atom is 0.422 e. The fourth-order valence-corrected chi connectivity index (χ4v) is 3.46. The highest BCUT2D eigenvalue weighted by atomic mass is 19.4. The second-order valence-corrected chi connectivity index (χ2v) is 7.79. The zero-order valence-corrected chi connectivity index (χ0v) is 17.6. The van der Waals surface area contributed by atoms with Gasteiger partial charge in [-0.3, -0.25) is 9.59 Å². The minimum atomic E-state index is -4.45. The van der Waals surface area contributed by atoms with Crippen molar-refractivity contribution in [3.05, 3.63) is 60.2 Å². The number of benzene rings is 2. The highest BCUT2D eigenvalue weighted by molar-refractivity contribution is 5.97. The van der Waals surface area contributed by atoms with E-state index in [-0.39, 0.29) is 36.3 Å². The largest absolute Gasteiger partial charge is 0.484 e. The Morgan fingerprint density at radius 1 is 1.21 bits per heavy atom. The fourth-order valence-electron chi connectivity index (χ4n) is 3.46. The van der Waals surface area contributed by atoms with Crippen LogP contribution in [-0.4, -0.2) is 40.9 Å². The predicted octanol–water partition coefficient (Wildman–Crippen LogP) is 3.86. The summed E-state index contributed by atoms with van der Waals surface area (Å²) in [5.41, 5.74) is 2.85. The number of carbonyl (C=O) groups excluding carboxylic acids is 2. The van der Waals surface area contributed by atoms with E-state index in [9.17, 15) is 22.8 Å². The van der Waals surface area contributed by atoms with Crippen LogP contribution in [0.3, 0.4) is 0 Å². The standard InChI is InChI=1S/C23H21F3N4O3/c1-14-5-7-17(8-6-14)30-19(15-3-2-4-18(9-15)33-13-23(24,25)26)11-20(29-30)28-22(32)16-10-21(31)27-12-16/h2-9,11,16H,10,12-13H2,1H3,(H,27,31)(H,28,29,32)/t16-/m1/s1. The molecule has 172 valence electrons. The first-order chi connectivity index (χ1) is 15.7. The molecule has 1 aliphatic heterocycles. The molecule has 2 heterocycles. The SMILES string of the molecule is Cc1ccc(-n2nc(NC(=O)[C@H]3CNC(=O)C3)cc2-c2cccc(OCC(F)(F)F)c2)cc1. The van der Waals surface area contributed by atoms with Gasteiger partial charge in [-0.05, 0) is 31.2 Å². The highest BCUT2D eigenvalue weighted by Gasteiger charge is 2.29. The molecule has 1 atom stereocenters. The molecule has 33 heavy (non-hydrogen) atoms. The number of carbonyl (C=O) groups is 2. The van der Waals surface area contributed by atoms with E-state index in [1.54, 1.807) is 22.9 Å². The van der Waals surface area contributed by atoms with Crippen LogP contribution in [0, 0.1) is 12.8 Å². The van der Waals surface area contributed by atoms with Crippen LogP contribution in [0.1, 0.15) is 12.0 Å². The van der Waals surface area contributed by atoms with Crippen molar-refractivity contribution < 1.29 is 27.5 Å². The molecule has 2 aromatic carbocycles. The average Bonchev–Trinajstić information content (AvgIpc) is 3.39. The number of alkyl halides is 3. The summed E-state index contributed by atoms with van der Waals surface area (Å²) in [4.78, 5) is 24.0. The Balaban J connectivity index is 1.66. The molecule has 0 spiro atoms. The van der Waals surface area contributed by atoms with E-state index < -0.39 is 18.7 Å². The number of halogens is 3. The molecule has 0 saturated carbocycles. The van der Waals surface area contributed by atoms with E-state index >= 15 is 0 Å². The monoisotopic (exact) mass is 458 g/mol. The van der Waals surface area contributed by atoms with Crippen molar-refractivity contribution in [2.24, 2.45) is 5.92 Å². The molecule has 2 N–H and O–H groups in total. The van der Waals surface area contributed by atoms with Crippen molar-refractivity contribution >= 4 is 17.6 Å². The van der Waals surface area contributed by atoms with Gasteiger partial charge in [0.15, 0.2) is 12.4 Å². The van der Waals surface area contributed by atoms with E-state index in [0.29, 0.717) is 16.9 Å². The van der Waals surface area contributed by atoms with Crippen LogP contribution in [0.5, 0.6) is 5.75 Å². The van der Waals surface area contributed by atoms with E-state index in [0.717, 1.165) is 5.56 Å². The van der Waals surface area contributed by atoms with Crippen LogP contribution in [-0.2, 0) is 9.59 Å². The number of aromatic nitrogens is 2. The van der Waals surface area contributed by atoms with Gasteiger partial charge in [-0.25, -0.2) is 4.68 Å². The molecule has 0 aliphatic carbocycles. The molecular formula is C23H21F3N4O3. The topological polar surface area (TPSA) is 85.3 Å². The van der Waals surface area contributed by atoms with Crippen molar-refractivity contribution in [1.29, 1.82) is 0 Å². The molecule has 4 rings (SSSR count). The van der Waals surface area contributed by atoms with Crippen molar-refractivity contribution in [3.63, 3.8) is 0 Å². The molecular weight excluding hydrogens is 437 g/mol. The molecule has 1 fully saturated rings. The van der Waals surface area contributed by atoms with E-state index in [4.69, 9.17) is 4.74 Å². The van der Waals surface area contributed by atoms with Crippen LogP contribution in [0.4, 0.5) is 19.0 Å². The molecule has 1 saturated heterocycles. The quantitative estimate of drug-likeness (QED) is 0.588. The fraction of sp³-hybridized carbons (Fsp3) is 0.261. The van der Waals surface area contributed by atoms with E-state index in [1.807, 2.05) is 31.2 Å². The molecule has 10 heteroatoms. The van der Waals surface area contributed by atoms with Gasteiger partial charge in [0.05, 0.1) is 17.3 Å². The molecule has 0 radical (unpaired) electrons. The smallest absolute Gasteiger partial charge is 0.422 e. The van der Waals surface area contributed by atoms with Crippen LogP contribution in [0.2, 0.25) is 0 Å². The first kappa shape index (κ1) is 22.4. The van der Waals surface area contributed by atoms with Crippen molar-refractivity contribution in [1.82, 2.24) is 15.1 Å². The number of rotatable bonds is 6. The Hall–Kier alpha value is -3.82. The van der Waals surface area contributed by atoms with Crippen molar-refractivity contribution in [2.75, 3.05) is 18.5 Å². The first-order valence-corrected chi connectivity index (χ1v) is 10.2. The van der Waals surface area contributed by atoms with Gasteiger partial charge in [0.2, 0.25) is 11.8 Å². The van der Waals surface area contributed by atoms with Gasteiger partial charge in [0.1, 0.15) is 5.75 Å². The molecule has 2 amide bonds. The third-order valence-corrected chi connectivity index (χ3v) is 5.12. The number of amides is 2. The van der Waals surface area contributed by atoms with Crippen molar-refractivity contribution in [2.45, 2.75) is 19.5 Å². The number of ether oxygens (including phenoxy) is 1. The molecule has 3 aromatic rings. The Morgan fingerprint density at radius 3 is 2.64 bits per heavy atom. The summed E-state index contributed by atoms with van der Waals surface area (Å²) in [6.07, 6.45) is -4.34. The second kappa shape index (κ2) is 8.97. The number of hydrogen-bond donors (Lipinski definition) is 2. The summed E-state index contributed by atoms with van der Waals surface area (Å²) >= 11 is 0. The van der Waals surface area contributed by atoms with Gasteiger partial charge in [-0.15, -0.1) is 5.10 Å². The van der Waals surface area contributed by atoms with Gasteiger partial charge >= 0.3 is 6.18 Å². The Labute approximate surface area is 187 Å². The van der Waals surface area contributed by atoms with E-state index in [1.165, 1.54) is 12.1 Å². The minimum Gasteiger partial charge on any atom is -0.484 e. The predicted molar refractivity (Wildman–Crippen MR) is 115 cm³/mol. The van der Waals surface area contributed by atoms with E-state index in [2.05, 4.69) is 15.7 Å². The van der Waals surface area contributed by atoms with Gasteiger partial charge in [-0.2, -0.15) is 13.2 Å². The third-order valence-electron chi connectivity index (χ3n) is 5.12. The summed E-state index contributed by atoms with van der Waals surface area (Å²) in [5.74, 6) is -0.698. The number of hydrogen-bond acceptors (Lipinski definition) is 4. The maximum atomic E-state index is 12.6. The van der Waals surface area contributed by atoms with Crippen LogP contribution < -0.4 is 15.4 Å². The van der Waals surface area contributed by atoms with Crippen LogP contribution in [0.15, 0.2) is 54.6 Å². The number of nitrogens with zero attached hydrogens (tertiary/aromatic N) is 2. The zero-order chi connectivity index (χ0) is 23.6. The Morgan fingerprint density at radius 2 is 1.97 bits per heavy atom. The second-order valence-electron chi connectivity index (χ2n) is 7.79. The van der Waals surface area contributed by atoms with Gasteiger partial charge in [0, 0.05) is 24.6 Å². The Bertz CT molecular complexity index is 1170. The lowest BCUT2D eigenvalue weighted by atomic mass is 10.1. The van der Waals surface area contributed by atoms with Gasteiger partial charge in [-0.1, -0.05) is 29.8 Å². The third kappa shape index (κ3) is 5.51. The van der Waals surface area contributed by atoms with Gasteiger partial charge < -0.3 is 15.4 Å². The summed E-state index contributed by atoms with van der Waals surface area (Å²) in [5, 5.41) is 9.84. The summed E-state index contributed by atoms with van der Waals surface area (Å²) in [6, 6.07) is 15.4. The van der Waals surface area contributed by atoms with Crippen molar-refractivity contribution in [3.8, 4) is 22.7 Å². The maximum absolute atomic E-state index is 12.6. The normalized spacial score (nSPS) is 15.9. The minimum absolute atomic E-state index is 0.0580. The summed E-state index contributed by atoms with van der Waals surface area (Å²) < 4.78 is 44.1. The molecule has 0 bridgehead atoms. The molecule has 1 aromatic heterocycles. The van der Waals surface area contributed by atoms with Gasteiger partial charge in [0.25, 0.3) is 0 Å². The Kier molecular flexibility index (Phi) is 6.08. The highest BCUT2D eigenvalue weighted by Crippen LogP contribution is 2.30. The van der Waals surface area contributed by atoms with Crippen LogP contribution >= 0.6 is 0 Å². The lowest BCUT2D eigenvalue weighted by Gasteiger charge is -2.11. The summed E-state index contributed by atoms with van der Waals surface area (Å²) in [7, 11) is 0. The number of aryl methyl sites for hydroxylation is 1. The van der Waals surface area contributed by atoms with Crippen LogP contribution in [0.25, 0.3) is 16.9 Å². The number of nitrogens with one attached hydrogen (secondary N) is 2. The molecule has 1 aliphatic rings. The lowest BCUT2D eigenvalue weighted by Crippen LogP contribution is -2.24. The summed E-state index contributed by atoms with van der Waals surface area (Å²) in [6.45, 7) is 0.801. The average molecular weight is 458 g/mol. The molecule has 7 nitrogen and oxygen atoms in total. The molecule has 0 unspecified atom stereocenters. The number of anilines is 1.